The van der Waals surface area contributed by atoms with Gasteiger partial charge in [0.25, 0.3) is 0 Å². The van der Waals surface area contributed by atoms with Gasteiger partial charge >= 0.3 is 0 Å². The van der Waals surface area contributed by atoms with Gasteiger partial charge in [0.1, 0.15) is 23.5 Å². The second-order valence-corrected chi connectivity index (χ2v) is 5.47. The second-order valence-electron chi connectivity index (χ2n) is 5.47. The fourth-order valence-corrected chi connectivity index (χ4v) is 2.39. The summed E-state index contributed by atoms with van der Waals surface area (Å²) >= 11 is 0. The molecule has 3 heterocycles. The van der Waals surface area contributed by atoms with Gasteiger partial charge < -0.3 is 9.73 Å². The summed E-state index contributed by atoms with van der Waals surface area (Å²) in [7, 11) is 0. The van der Waals surface area contributed by atoms with Gasteiger partial charge in [-0.25, -0.2) is 9.97 Å². The first-order valence-corrected chi connectivity index (χ1v) is 7.42. The Bertz CT molecular complexity index is 827. The van der Waals surface area contributed by atoms with E-state index in [2.05, 4.69) is 20.3 Å². The largest absolute Gasteiger partial charge is 0.451 e. The maximum Gasteiger partial charge on any atom is 0.228 e. The zero-order valence-electron chi connectivity index (χ0n) is 12.3. The fraction of sp³-hybridized carbons (Fsp3) is 0.176. The number of carbonyl (C=O) groups excluding carboxylic acids is 1. The normalized spacial score (nSPS) is 13.7. The first kappa shape index (κ1) is 13.6. The highest BCUT2D eigenvalue weighted by Gasteiger charge is 2.30. The van der Waals surface area contributed by atoms with Crippen LogP contribution in [0.5, 0.6) is 0 Å². The van der Waals surface area contributed by atoms with Crippen LogP contribution in [0.15, 0.2) is 53.7 Å². The monoisotopic (exact) mass is 306 g/mol. The number of hydrogen-bond acceptors (Lipinski definition) is 5. The molecule has 1 amide bonds. The number of pyridine rings is 2. The Labute approximate surface area is 132 Å². The van der Waals surface area contributed by atoms with Crippen LogP contribution in [0.1, 0.15) is 12.8 Å². The zero-order chi connectivity index (χ0) is 15.6. The van der Waals surface area contributed by atoms with E-state index in [1.165, 1.54) is 6.39 Å². The minimum Gasteiger partial charge on any atom is -0.451 e. The Hall–Kier alpha value is -3.02. The molecule has 0 saturated heterocycles. The van der Waals surface area contributed by atoms with Crippen LogP contribution in [0.3, 0.4) is 0 Å². The van der Waals surface area contributed by atoms with E-state index >= 15 is 0 Å². The molecule has 23 heavy (non-hydrogen) atoms. The number of aromatic nitrogens is 3. The van der Waals surface area contributed by atoms with Gasteiger partial charge in [0.05, 0.1) is 0 Å². The van der Waals surface area contributed by atoms with Crippen LogP contribution < -0.4 is 5.32 Å². The maximum absolute atomic E-state index is 11.9. The van der Waals surface area contributed by atoms with Crippen molar-refractivity contribution in [2.24, 2.45) is 5.92 Å². The molecule has 1 aliphatic rings. The lowest BCUT2D eigenvalue weighted by molar-refractivity contribution is -0.117. The minimum absolute atomic E-state index is 0.0280. The van der Waals surface area contributed by atoms with Gasteiger partial charge in [-0.15, -0.1) is 0 Å². The van der Waals surface area contributed by atoms with Crippen molar-refractivity contribution in [2.45, 2.75) is 12.8 Å². The summed E-state index contributed by atoms with van der Waals surface area (Å²) in [6.45, 7) is 0. The van der Waals surface area contributed by atoms with Crippen molar-refractivity contribution in [3.63, 3.8) is 0 Å². The summed E-state index contributed by atoms with van der Waals surface area (Å²) in [6, 6.07) is 7.54. The van der Waals surface area contributed by atoms with Gasteiger partial charge in [-0.1, -0.05) is 0 Å². The third-order valence-corrected chi connectivity index (χ3v) is 3.76. The zero-order valence-corrected chi connectivity index (χ0v) is 12.3. The molecule has 0 spiro atoms. The van der Waals surface area contributed by atoms with Gasteiger partial charge in [-0.05, 0) is 42.7 Å². The van der Waals surface area contributed by atoms with E-state index in [1.54, 1.807) is 24.7 Å². The van der Waals surface area contributed by atoms with E-state index in [4.69, 9.17) is 4.42 Å². The van der Waals surface area contributed by atoms with Gasteiger partial charge in [-0.2, -0.15) is 0 Å². The quantitative estimate of drug-likeness (QED) is 0.800. The molecule has 6 nitrogen and oxygen atoms in total. The summed E-state index contributed by atoms with van der Waals surface area (Å²) in [6.07, 6.45) is 8.27. The van der Waals surface area contributed by atoms with Crippen LogP contribution in [0.4, 0.5) is 5.82 Å². The number of rotatable bonds is 4. The third-order valence-electron chi connectivity index (χ3n) is 3.76. The van der Waals surface area contributed by atoms with E-state index in [0.29, 0.717) is 17.2 Å². The number of anilines is 1. The van der Waals surface area contributed by atoms with E-state index < -0.39 is 0 Å². The Morgan fingerprint density at radius 1 is 1.17 bits per heavy atom. The number of amides is 1. The predicted octanol–water partition coefficient (Wildman–Crippen LogP) is 3.15. The van der Waals surface area contributed by atoms with Gasteiger partial charge in [-0.3, -0.25) is 9.78 Å². The van der Waals surface area contributed by atoms with Crippen molar-refractivity contribution >= 4 is 11.7 Å². The Morgan fingerprint density at radius 3 is 2.70 bits per heavy atom. The van der Waals surface area contributed by atoms with Crippen molar-refractivity contribution < 1.29 is 9.21 Å². The predicted molar refractivity (Wildman–Crippen MR) is 84.3 cm³/mol. The standard InChI is InChI=1S/C17H14N4O2/c22-17(12-1-2-12)21-15-4-3-13(11-5-7-18-8-6-11)16(20-15)14-9-23-10-19-14/h3-10,12H,1-2H2,(H,20,21,22). The minimum atomic E-state index is 0.0280. The molecule has 0 atom stereocenters. The lowest BCUT2D eigenvalue weighted by Crippen LogP contribution is -2.14. The molecule has 0 aliphatic heterocycles. The number of nitrogens with zero attached hydrogens (tertiary/aromatic N) is 3. The van der Waals surface area contributed by atoms with Crippen LogP contribution in [-0.2, 0) is 4.79 Å². The van der Waals surface area contributed by atoms with Crippen LogP contribution in [-0.4, -0.2) is 20.9 Å². The first-order chi connectivity index (χ1) is 11.3. The highest BCUT2D eigenvalue weighted by molar-refractivity contribution is 5.94. The van der Waals surface area contributed by atoms with Crippen LogP contribution in [0.25, 0.3) is 22.5 Å². The SMILES string of the molecule is O=C(Nc1ccc(-c2ccncc2)c(-c2cocn2)n1)C1CC1. The maximum atomic E-state index is 11.9. The summed E-state index contributed by atoms with van der Waals surface area (Å²) in [5.41, 5.74) is 3.18. The second kappa shape index (κ2) is 5.64. The van der Waals surface area contributed by atoms with E-state index in [1.807, 2.05) is 18.2 Å². The molecule has 0 bridgehead atoms. The Morgan fingerprint density at radius 2 is 2.00 bits per heavy atom. The van der Waals surface area contributed by atoms with E-state index in [9.17, 15) is 4.79 Å². The molecule has 0 radical (unpaired) electrons. The van der Waals surface area contributed by atoms with Crippen molar-refractivity contribution in [2.75, 3.05) is 5.32 Å². The third kappa shape index (κ3) is 2.83. The van der Waals surface area contributed by atoms with E-state index in [0.717, 1.165) is 24.0 Å². The average Bonchev–Trinajstić information content (AvgIpc) is 3.31. The van der Waals surface area contributed by atoms with Crippen molar-refractivity contribution in [1.82, 2.24) is 15.0 Å². The van der Waals surface area contributed by atoms with Crippen LogP contribution in [0, 0.1) is 5.92 Å². The van der Waals surface area contributed by atoms with Crippen molar-refractivity contribution in [1.29, 1.82) is 0 Å². The first-order valence-electron chi connectivity index (χ1n) is 7.42. The molecule has 1 N–H and O–H groups in total. The molecule has 3 aromatic heterocycles. The van der Waals surface area contributed by atoms with Crippen molar-refractivity contribution in [3.05, 3.63) is 49.3 Å². The highest BCUT2D eigenvalue weighted by Crippen LogP contribution is 2.32. The Kier molecular flexibility index (Phi) is 3.34. The molecule has 3 aromatic rings. The fourth-order valence-electron chi connectivity index (χ4n) is 2.39. The number of hydrogen-bond donors (Lipinski definition) is 1. The molecule has 114 valence electrons. The Balaban J connectivity index is 1.75. The van der Waals surface area contributed by atoms with Gasteiger partial charge in [0, 0.05) is 23.9 Å². The van der Waals surface area contributed by atoms with Crippen LogP contribution in [0.2, 0.25) is 0 Å². The molecule has 1 fully saturated rings. The molecule has 1 aliphatic carbocycles. The topological polar surface area (TPSA) is 80.9 Å². The summed E-state index contributed by atoms with van der Waals surface area (Å²) in [5.74, 6) is 0.685. The molecular weight excluding hydrogens is 292 g/mol. The number of carbonyl (C=O) groups is 1. The molecule has 4 rings (SSSR count). The molecule has 6 heteroatoms. The lowest BCUT2D eigenvalue weighted by atomic mass is 10.0. The molecule has 0 unspecified atom stereocenters. The molecule has 0 aromatic carbocycles. The van der Waals surface area contributed by atoms with Gasteiger partial charge in [0.2, 0.25) is 5.91 Å². The highest BCUT2D eigenvalue weighted by atomic mass is 16.3. The molecular formula is C17H14N4O2. The summed E-state index contributed by atoms with van der Waals surface area (Å²) < 4.78 is 5.08. The lowest BCUT2D eigenvalue weighted by Gasteiger charge is -2.10. The smallest absolute Gasteiger partial charge is 0.228 e. The number of nitrogens with one attached hydrogen (secondary N) is 1. The van der Waals surface area contributed by atoms with E-state index in [-0.39, 0.29) is 11.8 Å². The van der Waals surface area contributed by atoms with Gasteiger partial charge in [0.15, 0.2) is 6.39 Å². The number of oxazole rings is 1. The average molecular weight is 306 g/mol. The van der Waals surface area contributed by atoms with Crippen LogP contribution >= 0.6 is 0 Å². The van der Waals surface area contributed by atoms with Crippen molar-refractivity contribution in [3.8, 4) is 22.5 Å². The summed E-state index contributed by atoms with van der Waals surface area (Å²) in [5, 5.41) is 2.86. The summed E-state index contributed by atoms with van der Waals surface area (Å²) in [4.78, 5) is 24.7. The molecule has 1 saturated carbocycles.